The van der Waals surface area contributed by atoms with Crippen LogP contribution in [-0.2, 0) is 4.79 Å². The van der Waals surface area contributed by atoms with E-state index in [2.05, 4.69) is 22.5 Å². The second kappa shape index (κ2) is 6.50. The number of aromatic nitrogens is 1. The van der Waals surface area contributed by atoms with Crippen molar-refractivity contribution >= 4 is 23.2 Å². The number of amides is 1. The molecule has 3 rings (SSSR count). The highest BCUT2D eigenvalue weighted by atomic mass is 35.5. The van der Waals surface area contributed by atoms with Gasteiger partial charge in [-0.1, -0.05) is 24.9 Å². The first-order valence-corrected chi connectivity index (χ1v) is 7.78. The van der Waals surface area contributed by atoms with Crippen molar-refractivity contribution in [2.75, 3.05) is 11.9 Å². The molecule has 1 fully saturated rings. The van der Waals surface area contributed by atoms with Gasteiger partial charge in [-0.25, -0.2) is 4.98 Å². The third kappa shape index (κ3) is 3.15. The average Bonchev–Trinajstić information content (AvgIpc) is 3.19. The van der Waals surface area contributed by atoms with Gasteiger partial charge in [0.15, 0.2) is 12.2 Å². The van der Waals surface area contributed by atoms with Gasteiger partial charge in [0, 0.05) is 11.3 Å². The molecule has 2 N–H and O–H groups in total. The monoisotopic (exact) mass is 319 g/mol. The second-order valence-electron chi connectivity index (χ2n) is 5.52. The first-order chi connectivity index (χ1) is 10.7. The van der Waals surface area contributed by atoms with Crippen LogP contribution < -0.4 is 10.6 Å². The van der Waals surface area contributed by atoms with Gasteiger partial charge >= 0.3 is 0 Å². The molecule has 0 spiro atoms. The summed E-state index contributed by atoms with van der Waals surface area (Å²) in [4.78, 5) is 16.1. The summed E-state index contributed by atoms with van der Waals surface area (Å²) in [7, 11) is 0. The Morgan fingerprint density at radius 2 is 2.41 bits per heavy atom. The molecular weight excluding hydrogens is 302 g/mol. The average molecular weight is 320 g/mol. The van der Waals surface area contributed by atoms with Crippen LogP contribution in [0.2, 0.25) is 5.02 Å². The van der Waals surface area contributed by atoms with Gasteiger partial charge < -0.3 is 15.1 Å². The number of halogens is 1. The van der Waals surface area contributed by atoms with Crippen LogP contribution in [0.4, 0.5) is 5.69 Å². The van der Waals surface area contributed by atoms with Gasteiger partial charge in [0.05, 0.1) is 17.3 Å². The van der Waals surface area contributed by atoms with Gasteiger partial charge in [0.1, 0.15) is 0 Å². The molecule has 1 aliphatic rings. The summed E-state index contributed by atoms with van der Waals surface area (Å²) in [5.74, 6) is 1.17. The Balaban J connectivity index is 1.68. The number of hydrogen-bond acceptors (Lipinski definition) is 4. The van der Waals surface area contributed by atoms with Crippen LogP contribution in [0, 0.1) is 5.92 Å². The molecule has 1 amide bonds. The zero-order valence-corrected chi connectivity index (χ0v) is 13.1. The van der Waals surface area contributed by atoms with E-state index in [0.717, 1.165) is 24.9 Å². The minimum atomic E-state index is -0.127. The number of rotatable bonds is 4. The van der Waals surface area contributed by atoms with E-state index < -0.39 is 0 Å². The normalized spacial score (nSPS) is 21.0. The zero-order valence-electron chi connectivity index (χ0n) is 12.3. The smallest absolute Gasteiger partial charge is 0.241 e. The van der Waals surface area contributed by atoms with Gasteiger partial charge in [-0.15, -0.1) is 0 Å². The van der Waals surface area contributed by atoms with Crippen molar-refractivity contribution < 1.29 is 9.21 Å². The first kappa shape index (κ1) is 15.1. The maximum Gasteiger partial charge on any atom is 0.241 e. The lowest BCUT2D eigenvalue weighted by Crippen LogP contribution is -2.35. The fourth-order valence-electron chi connectivity index (χ4n) is 2.69. The number of benzene rings is 1. The summed E-state index contributed by atoms with van der Waals surface area (Å²) in [6.45, 7) is 3.05. The number of nitrogens with zero attached hydrogens (tertiary/aromatic N) is 1. The van der Waals surface area contributed by atoms with Crippen molar-refractivity contribution in [3.63, 3.8) is 0 Å². The van der Waals surface area contributed by atoms with Gasteiger partial charge in [0.25, 0.3) is 0 Å². The molecule has 0 aliphatic carbocycles. The van der Waals surface area contributed by atoms with E-state index in [1.165, 1.54) is 6.39 Å². The molecule has 6 heteroatoms. The maximum absolute atomic E-state index is 12.3. The van der Waals surface area contributed by atoms with E-state index in [1.54, 1.807) is 12.3 Å². The van der Waals surface area contributed by atoms with E-state index >= 15 is 0 Å². The minimum Gasteiger partial charge on any atom is -0.443 e. The summed E-state index contributed by atoms with van der Waals surface area (Å²) in [5.41, 5.74) is 1.43. The molecule has 116 valence electrons. The largest absolute Gasteiger partial charge is 0.443 e. The molecule has 1 aromatic carbocycles. The molecule has 0 unspecified atom stereocenters. The highest BCUT2D eigenvalue weighted by Gasteiger charge is 2.28. The number of anilines is 1. The van der Waals surface area contributed by atoms with Crippen LogP contribution in [0.25, 0.3) is 11.3 Å². The Kier molecular flexibility index (Phi) is 4.45. The van der Waals surface area contributed by atoms with Crippen molar-refractivity contribution in [3.05, 3.63) is 35.8 Å². The van der Waals surface area contributed by atoms with Crippen molar-refractivity contribution in [1.82, 2.24) is 10.3 Å². The third-order valence-corrected chi connectivity index (χ3v) is 4.36. The molecule has 2 aromatic rings. The molecular formula is C16H18ClN3O2. The van der Waals surface area contributed by atoms with Crippen LogP contribution in [0.3, 0.4) is 0 Å². The summed E-state index contributed by atoms with van der Waals surface area (Å²) in [6, 6.07) is 5.23. The second-order valence-corrected chi connectivity index (χ2v) is 5.93. The topological polar surface area (TPSA) is 67.2 Å². The van der Waals surface area contributed by atoms with E-state index in [4.69, 9.17) is 16.0 Å². The number of oxazole rings is 1. The third-order valence-electron chi connectivity index (χ3n) is 4.05. The van der Waals surface area contributed by atoms with Crippen LogP contribution in [0.15, 0.2) is 35.2 Å². The number of nitrogens with one attached hydrogen (secondary N) is 2. The molecule has 2 atom stereocenters. The molecule has 1 aliphatic heterocycles. The first-order valence-electron chi connectivity index (χ1n) is 7.40. The van der Waals surface area contributed by atoms with Gasteiger partial charge in [0.2, 0.25) is 5.91 Å². The molecule has 1 saturated heterocycles. The summed E-state index contributed by atoms with van der Waals surface area (Å²) in [6.07, 6.45) is 4.94. The van der Waals surface area contributed by atoms with Crippen molar-refractivity contribution in [3.8, 4) is 11.3 Å². The Hall–Kier alpha value is -1.85. The van der Waals surface area contributed by atoms with E-state index in [9.17, 15) is 4.79 Å². The van der Waals surface area contributed by atoms with E-state index in [-0.39, 0.29) is 11.9 Å². The quantitative estimate of drug-likeness (QED) is 0.907. The molecule has 0 saturated carbocycles. The Morgan fingerprint density at radius 1 is 1.55 bits per heavy atom. The zero-order chi connectivity index (χ0) is 15.5. The number of carbonyl (C=O) groups is 1. The van der Waals surface area contributed by atoms with Crippen molar-refractivity contribution in [2.24, 2.45) is 5.92 Å². The maximum atomic E-state index is 12.3. The highest BCUT2D eigenvalue weighted by Crippen LogP contribution is 2.30. The fourth-order valence-corrected chi connectivity index (χ4v) is 2.96. The number of carbonyl (C=O) groups excluding carboxylic acids is 1. The van der Waals surface area contributed by atoms with Gasteiger partial charge in [-0.2, -0.15) is 0 Å². The predicted octanol–water partition coefficient (Wildman–Crippen LogP) is 3.32. The predicted molar refractivity (Wildman–Crippen MR) is 85.8 cm³/mol. The molecule has 0 bridgehead atoms. The van der Waals surface area contributed by atoms with Crippen LogP contribution in [0.1, 0.15) is 19.8 Å². The lowest BCUT2D eigenvalue weighted by atomic mass is 10.0. The Labute approximate surface area is 134 Å². The summed E-state index contributed by atoms with van der Waals surface area (Å²) < 4.78 is 5.23. The highest BCUT2D eigenvalue weighted by molar-refractivity contribution is 6.33. The van der Waals surface area contributed by atoms with Crippen LogP contribution in [0.5, 0.6) is 0 Å². The van der Waals surface area contributed by atoms with Gasteiger partial charge in [-0.3, -0.25) is 4.79 Å². The standard InChI is InChI=1S/C16H18ClN3O2/c1-2-10-5-14(19-7-10)16(21)20-11-3-4-12(13(17)6-11)15-8-18-9-22-15/h3-4,6,8-10,14,19H,2,5,7H2,1H3,(H,20,21)/t10-,14-/m0/s1. The lowest BCUT2D eigenvalue weighted by molar-refractivity contribution is -0.117. The Bertz CT molecular complexity index is 657. The molecule has 5 nitrogen and oxygen atoms in total. The molecule has 22 heavy (non-hydrogen) atoms. The lowest BCUT2D eigenvalue weighted by Gasteiger charge is -2.12. The summed E-state index contributed by atoms with van der Waals surface area (Å²) in [5, 5.41) is 6.68. The van der Waals surface area contributed by atoms with Gasteiger partial charge in [-0.05, 0) is 37.1 Å². The van der Waals surface area contributed by atoms with Crippen LogP contribution >= 0.6 is 11.6 Å². The fraction of sp³-hybridized carbons (Fsp3) is 0.375. The van der Waals surface area contributed by atoms with Crippen molar-refractivity contribution in [2.45, 2.75) is 25.8 Å². The Morgan fingerprint density at radius 3 is 3.05 bits per heavy atom. The number of hydrogen-bond donors (Lipinski definition) is 2. The molecule has 1 aromatic heterocycles. The SMILES string of the molecule is CC[C@@H]1CN[C@H](C(=O)Nc2ccc(-c3cnco3)c(Cl)c2)C1. The molecule has 0 radical (unpaired) electrons. The van der Waals surface area contributed by atoms with Crippen LogP contribution in [-0.4, -0.2) is 23.5 Å². The van der Waals surface area contributed by atoms with E-state index in [0.29, 0.717) is 22.4 Å². The molecule has 2 heterocycles. The van der Waals surface area contributed by atoms with E-state index in [1.807, 2.05) is 12.1 Å². The minimum absolute atomic E-state index is 0.0144. The summed E-state index contributed by atoms with van der Waals surface area (Å²) >= 11 is 6.25. The van der Waals surface area contributed by atoms with Crippen molar-refractivity contribution in [1.29, 1.82) is 0 Å².